The Balaban J connectivity index is 1.98. The maximum Gasteiger partial charge on any atom is 0.421 e. The van der Waals surface area contributed by atoms with E-state index in [1.54, 1.807) is 0 Å². The molecule has 0 aliphatic rings. The molecule has 154 valence electrons. The first-order valence-electron chi connectivity index (χ1n) is 7.86. The molecule has 2 heterocycles. The van der Waals surface area contributed by atoms with Crippen LogP contribution in [-0.2, 0) is 15.4 Å². The number of aromatic nitrogens is 2. The lowest BCUT2D eigenvalue weighted by Gasteiger charge is -2.27. The van der Waals surface area contributed by atoms with E-state index in [4.69, 9.17) is 17.3 Å². The third-order valence-electron chi connectivity index (χ3n) is 4.13. The largest absolute Gasteiger partial charge is 0.421 e. The molecule has 0 radical (unpaired) electrons. The summed E-state index contributed by atoms with van der Waals surface area (Å²) in [6.07, 6.45) is -2.65. The van der Waals surface area contributed by atoms with Crippen molar-refractivity contribution in [2.75, 3.05) is 5.73 Å². The van der Waals surface area contributed by atoms with Gasteiger partial charge >= 0.3 is 6.18 Å². The van der Waals surface area contributed by atoms with Crippen molar-refractivity contribution in [3.8, 4) is 10.6 Å². The Bertz CT molecular complexity index is 1160. The van der Waals surface area contributed by atoms with E-state index in [1.165, 1.54) is 18.2 Å². The zero-order valence-corrected chi connectivity index (χ0v) is 17.0. The van der Waals surface area contributed by atoms with Gasteiger partial charge in [0.2, 0.25) is 9.84 Å². The van der Waals surface area contributed by atoms with Gasteiger partial charge in [0.1, 0.15) is 15.0 Å². The summed E-state index contributed by atoms with van der Waals surface area (Å²) < 4.78 is 64.3. The molecule has 0 fully saturated rings. The van der Waals surface area contributed by atoms with Gasteiger partial charge in [-0.2, -0.15) is 13.2 Å². The maximum absolute atomic E-state index is 13.0. The maximum atomic E-state index is 13.0. The second kappa shape index (κ2) is 7.24. The van der Waals surface area contributed by atoms with E-state index >= 15 is 0 Å². The number of alkyl halides is 3. The van der Waals surface area contributed by atoms with Crippen LogP contribution in [0.5, 0.6) is 0 Å². The van der Waals surface area contributed by atoms with Gasteiger partial charge in [0.25, 0.3) is 0 Å². The summed E-state index contributed by atoms with van der Waals surface area (Å²) in [5, 5.41) is 9.85. The number of anilines is 1. The highest BCUT2D eigenvalue weighted by Crippen LogP contribution is 2.41. The summed E-state index contributed by atoms with van der Waals surface area (Å²) >= 11 is 6.89. The quantitative estimate of drug-likeness (QED) is 0.604. The van der Waals surface area contributed by atoms with Gasteiger partial charge in [0.05, 0.1) is 16.1 Å². The van der Waals surface area contributed by atoms with Gasteiger partial charge in [-0.1, -0.05) is 23.7 Å². The van der Waals surface area contributed by atoms with Gasteiger partial charge in [0, 0.05) is 11.8 Å². The fourth-order valence-electron chi connectivity index (χ4n) is 2.33. The lowest BCUT2D eigenvalue weighted by atomic mass is 9.94. The van der Waals surface area contributed by atoms with Crippen LogP contribution in [0, 0.1) is 0 Å². The van der Waals surface area contributed by atoms with E-state index in [9.17, 15) is 26.7 Å². The summed E-state index contributed by atoms with van der Waals surface area (Å²) in [6, 6.07) is 5.94. The van der Waals surface area contributed by atoms with E-state index in [0.717, 1.165) is 35.9 Å². The molecule has 0 aliphatic heterocycles. The monoisotopic (exact) mass is 463 g/mol. The number of sulfone groups is 1. The minimum absolute atomic E-state index is 0.0791. The van der Waals surface area contributed by atoms with Crippen LogP contribution in [-0.4, -0.2) is 29.7 Å². The van der Waals surface area contributed by atoms with Crippen molar-refractivity contribution in [2.24, 2.45) is 0 Å². The number of nitrogens with two attached hydrogens (primary N) is 1. The average molecular weight is 464 g/mol. The molecule has 0 saturated carbocycles. The highest BCUT2D eigenvalue weighted by molar-refractivity contribution is 7.93. The lowest BCUT2D eigenvalue weighted by Crippen LogP contribution is -2.39. The minimum atomic E-state index is -4.90. The van der Waals surface area contributed by atoms with Crippen LogP contribution in [0.25, 0.3) is 10.6 Å². The zero-order valence-electron chi connectivity index (χ0n) is 14.6. The molecule has 3 aromatic rings. The number of pyridine rings is 1. The van der Waals surface area contributed by atoms with Crippen LogP contribution in [0.2, 0.25) is 5.02 Å². The third kappa shape index (κ3) is 3.95. The molecule has 0 amide bonds. The van der Waals surface area contributed by atoms with Crippen LogP contribution in [0.1, 0.15) is 12.5 Å². The van der Waals surface area contributed by atoms with E-state index in [0.29, 0.717) is 6.92 Å². The second-order valence-corrected chi connectivity index (χ2v) is 9.79. The lowest BCUT2D eigenvalue weighted by molar-refractivity contribution is -0.258. The Labute approximate surface area is 172 Å². The first-order valence-corrected chi connectivity index (χ1v) is 10.5. The van der Waals surface area contributed by atoms with Crippen LogP contribution < -0.4 is 5.73 Å². The van der Waals surface area contributed by atoms with Crippen molar-refractivity contribution >= 4 is 38.6 Å². The molecule has 1 unspecified atom stereocenters. The summed E-state index contributed by atoms with van der Waals surface area (Å²) in [7, 11) is -3.90. The molecule has 0 aliphatic carbocycles. The van der Waals surface area contributed by atoms with E-state index in [2.05, 4.69) is 9.97 Å². The Morgan fingerprint density at radius 1 is 1.14 bits per heavy atom. The normalized spacial score (nSPS) is 14.6. The average Bonchev–Trinajstić information content (AvgIpc) is 3.11. The van der Waals surface area contributed by atoms with E-state index in [1.807, 2.05) is 0 Å². The van der Waals surface area contributed by atoms with Crippen LogP contribution in [0.15, 0.2) is 51.8 Å². The summed E-state index contributed by atoms with van der Waals surface area (Å²) in [5.41, 5.74) is 2.15. The topological polar surface area (TPSA) is 106 Å². The number of rotatable bonds is 4. The predicted molar refractivity (Wildman–Crippen MR) is 102 cm³/mol. The van der Waals surface area contributed by atoms with Crippen molar-refractivity contribution < 1.29 is 26.7 Å². The van der Waals surface area contributed by atoms with Gasteiger partial charge < -0.3 is 10.8 Å². The summed E-state index contributed by atoms with van der Waals surface area (Å²) in [6.45, 7) is 0.618. The highest BCUT2D eigenvalue weighted by atomic mass is 35.5. The molecule has 3 rings (SSSR count). The van der Waals surface area contributed by atoms with Crippen molar-refractivity contribution in [2.45, 2.75) is 27.8 Å². The van der Waals surface area contributed by atoms with Crippen molar-refractivity contribution in [1.82, 2.24) is 9.97 Å². The molecule has 2 aromatic heterocycles. The van der Waals surface area contributed by atoms with Gasteiger partial charge in [0.15, 0.2) is 5.60 Å². The van der Waals surface area contributed by atoms with Crippen LogP contribution >= 0.6 is 22.9 Å². The third-order valence-corrected chi connectivity index (χ3v) is 7.68. The standard InChI is InChI=1S/C17H13ClF3N3O3S2/c1-16(25,17(19,20)21)9-2-4-11(12(18)6-9)15-24-8-14(28-15)29(26,27)10-3-5-13(22)23-7-10/h2-8,25H,1H3,(H2,22,23). The molecule has 0 bridgehead atoms. The van der Waals surface area contributed by atoms with E-state index < -0.39 is 27.2 Å². The minimum Gasteiger partial charge on any atom is -0.384 e. The number of hydrogen-bond acceptors (Lipinski definition) is 7. The fourth-order valence-corrected chi connectivity index (χ4v) is 5.17. The van der Waals surface area contributed by atoms with Gasteiger partial charge in [-0.05, 0) is 30.7 Å². The molecule has 0 saturated heterocycles. The molecule has 6 nitrogen and oxygen atoms in total. The number of halogens is 4. The Kier molecular flexibility index (Phi) is 5.37. The number of benzene rings is 1. The number of nitrogens with zero attached hydrogens (tertiary/aromatic N) is 2. The fraction of sp³-hybridized carbons (Fsp3) is 0.176. The molecule has 12 heteroatoms. The SMILES string of the molecule is CC(O)(c1ccc(-c2ncc(S(=O)(=O)c3ccc(N)nc3)s2)c(Cl)c1)C(F)(F)F. The first kappa shape index (κ1) is 21.5. The van der Waals surface area contributed by atoms with Crippen LogP contribution in [0.4, 0.5) is 19.0 Å². The smallest absolute Gasteiger partial charge is 0.384 e. The van der Waals surface area contributed by atoms with Gasteiger partial charge in [-0.15, -0.1) is 11.3 Å². The molecule has 1 atom stereocenters. The Morgan fingerprint density at radius 3 is 2.38 bits per heavy atom. The molecular formula is C17H13ClF3N3O3S2. The molecule has 1 aromatic carbocycles. The van der Waals surface area contributed by atoms with Gasteiger partial charge in [-0.3, -0.25) is 0 Å². The van der Waals surface area contributed by atoms with Crippen molar-refractivity contribution in [3.05, 3.63) is 53.3 Å². The molecular weight excluding hydrogens is 451 g/mol. The number of aliphatic hydroxyl groups is 1. The molecule has 0 spiro atoms. The Hall–Kier alpha value is -2.21. The molecule has 29 heavy (non-hydrogen) atoms. The van der Waals surface area contributed by atoms with Crippen LogP contribution in [0.3, 0.4) is 0 Å². The molecule has 3 N–H and O–H groups in total. The number of hydrogen-bond donors (Lipinski definition) is 2. The number of thiazole rings is 1. The van der Waals surface area contributed by atoms with Crippen molar-refractivity contribution in [3.63, 3.8) is 0 Å². The summed E-state index contributed by atoms with van der Waals surface area (Å²) in [5.74, 6) is 0.163. The second-order valence-electron chi connectivity index (χ2n) is 6.17. The summed E-state index contributed by atoms with van der Waals surface area (Å²) in [4.78, 5) is 7.69. The Morgan fingerprint density at radius 2 is 1.83 bits per heavy atom. The number of nitrogen functional groups attached to an aromatic ring is 1. The predicted octanol–water partition coefficient (Wildman–Crippen LogP) is 4.04. The highest BCUT2D eigenvalue weighted by Gasteiger charge is 2.51. The zero-order chi connectivity index (χ0) is 21.6. The van der Waals surface area contributed by atoms with E-state index in [-0.39, 0.29) is 30.5 Å². The van der Waals surface area contributed by atoms with Gasteiger partial charge in [-0.25, -0.2) is 18.4 Å². The van der Waals surface area contributed by atoms with Crippen molar-refractivity contribution in [1.29, 1.82) is 0 Å². The first-order chi connectivity index (χ1) is 13.3.